The zero-order valence-corrected chi connectivity index (χ0v) is 22.0. The number of aromatic nitrogens is 1. The molecule has 4 aromatic carbocycles. The number of hydrogen-bond acceptors (Lipinski definition) is 6. The molecule has 1 heterocycles. The number of carbonyl (C=O) groups excluding carboxylic acids is 3. The van der Waals surface area contributed by atoms with E-state index in [1.165, 1.54) is 23.5 Å². The summed E-state index contributed by atoms with van der Waals surface area (Å²) < 4.78 is 5.21. The number of halogens is 1. The molecule has 192 valence electrons. The number of carbonyl (C=O) groups is 3. The van der Waals surface area contributed by atoms with E-state index in [0.717, 1.165) is 22.4 Å². The fourth-order valence-corrected chi connectivity index (χ4v) is 4.77. The van der Waals surface area contributed by atoms with Crippen molar-refractivity contribution in [2.24, 2.45) is 0 Å². The van der Waals surface area contributed by atoms with E-state index < -0.39 is 18.5 Å². The summed E-state index contributed by atoms with van der Waals surface area (Å²) in [5.41, 5.74) is 4.49. The highest BCUT2D eigenvalue weighted by Gasteiger charge is 2.20. The van der Waals surface area contributed by atoms with Crippen molar-refractivity contribution in [2.75, 3.05) is 11.9 Å². The lowest BCUT2D eigenvalue weighted by Crippen LogP contribution is -2.22. The van der Waals surface area contributed by atoms with Crippen molar-refractivity contribution >= 4 is 45.7 Å². The number of nitrogens with one attached hydrogen (secondary N) is 1. The fraction of sp³-hybridized carbons (Fsp3) is 0.0323. The molecule has 0 bridgehead atoms. The third kappa shape index (κ3) is 6.29. The normalized spacial score (nSPS) is 10.6. The standard InChI is InChI=1S/C31H21ClN2O4S/c32-24-16-14-23(15-17-24)29(36)25-8-4-5-9-26(25)30(37)38-18-28(35)34-31-33-27(19-39-31)22-12-10-21(11-13-22)20-6-2-1-3-7-20/h1-17,19H,18H2,(H,33,34,35). The highest BCUT2D eigenvalue weighted by Crippen LogP contribution is 2.27. The highest BCUT2D eigenvalue weighted by atomic mass is 35.5. The van der Waals surface area contributed by atoms with Gasteiger partial charge in [0, 0.05) is 27.1 Å². The van der Waals surface area contributed by atoms with Crippen LogP contribution in [0.2, 0.25) is 5.02 Å². The molecule has 8 heteroatoms. The van der Waals surface area contributed by atoms with Gasteiger partial charge in [0.2, 0.25) is 0 Å². The van der Waals surface area contributed by atoms with Crippen LogP contribution in [0.15, 0.2) is 109 Å². The number of amides is 1. The molecule has 6 nitrogen and oxygen atoms in total. The van der Waals surface area contributed by atoms with Gasteiger partial charge in [0.15, 0.2) is 17.5 Å². The van der Waals surface area contributed by atoms with Crippen LogP contribution in [0.1, 0.15) is 26.3 Å². The average Bonchev–Trinajstić information content (AvgIpc) is 3.45. The topological polar surface area (TPSA) is 85.4 Å². The van der Waals surface area contributed by atoms with Gasteiger partial charge in [0.25, 0.3) is 5.91 Å². The molecule has 0 saturated heterocycles. The number of rotatable bonds is 8. The zero-order valence-electron chi connectivity index (χ0n) is 20.5. The molecule has 1 amide bonds. The Morgan fingerprint density at radius 3 is 2.08 bits per heavy atom. The summed E-state index contributed by atoms with van der Waals surface area (Å²) in [5.74, 6) is -1.66. The summed E-state index contributed by atoms with van der Waals surface area (Å²) in [6.45, 7) is -0.525. The third-order valence-electron chi connectivity index (χ3n) is 5.87. The van der Waals surface area contributed by atoms with E-state index in [0.29, 0.717) is 15.7 Å². The second-order valence-electron chi connectivity index (χ2n) is 8.49. The molecule has 0 spiro atoms. The maximum atomic E-state index is 12.9. The lowest BCUT2D eigenvalue weighted by Gasteiger charge is -2.09. The fourth-order valence-electron chi connectivity index (χ4n) is 3.91. The molecule has 5 rings (SSSR count). The molecule has 0 saturated carbocycles. The molecular weight excluding hydrogens is 532 g/mol. The molecule has 0 aliphatic carbocycles. The van der Waals surface area contributed by atoms with Crippen molar-refractivity contribution in [1.29, 1.82) is 0 Å². The molecule has 0 fully saturated rings. The number of nitrogens with zero attached hydrogens (tertiary/aromatic N) is 1. The minimum absolute atomic E-state index is 0.0701. The monoisotopic (exact) mass is 552 g/mol. The van der Waals surface area contributed by atoms with Gasteiger partial charge < -0.3 is 4.74 Å². The van der Waals surface area contributed by atoms with E-state index in [1.54, 1.807) is 36.4 Å². The van der Waals surface area contributed by atoms with Crippen LogP contribution in [0.4, 0.5) is 5.13 Å². The van der Waals surface area contributed by atoms with E-state index in [1.807, 2.05) is 47.8 Å². The van der Waals surface area contributed by atoms with Gasteiger partial charge in [0.1, 0.15) is 0 Å². The number of hydrogen-bond donors (Lipinski definition) is 1. The van der Waals surface area contributed by atoms with Crippen molar-refractivity contribution in [2.45, 2.75) is 0 Å². The van der Waals surface area contributed by atoms with Gasteiger partial charge in [-0.2, -0.15) is 0 Å². The molecule has 0 radical (unpaired) electrons. The summed E-state index contributed by atoms with van der Waals surface area (Å²) in [4.78, 5) is 42.6. The van der Waals surface area contributed by atoms with Crippen molar-refractivity contribution in [3.05, 3.63) is 130 Å². The second kappa shape index (κ2) is 11.9. The van der Waals surface area contributed by atoms with Gasteiger partial charge in [-0.3, -0.25) is 14.9 Å². The Morgan fingerprint density at radius 2 is 1.36 bits per heavy atom. The van der Waals surface area contributed by atoms with E-state index in [4.69, 9.17) is 16.3 Å². The summed E-state index contributed by atoms with van der Waals surface area (Å²) in [6.07, 6.45) is 0. The van der Waals surface area contributed by atoms with Crippen molar-refractivity contribution < 1.29 is 19.1 Å². The van der Waals surface area contributed by atoms with E-state index in [-0.39, 0.29) is 16.9 Å². The molecule has 1 N–H and O–H groups in total. The lowest BCUT2D eigenvalue weighted by molar-refractivity contribution is -0.119. The summed E-state index contributed by atoms with van der Waals surface area (Å²) in [6, 6.07) is 30.8. The number of ether oxygens (including phenoxy) is 1. The molecule has 0 aliphatic heterocycles. The number of thiazole rings is 1. The summed E-state index contributed by atoms with van der Waals surface area (Å²) in [7, 11) is 0. The first-order chi connectivity index (χ1) is 19.0. The second-order valence-corrected chi connectivity index (χ2v) is 9.78. The highest BCUT2D eigenvalue weighted by molar-refractivity contribution is 7.14. The molecular formula is C31H21ClN2O4S. The number of benzene rings is 4. The quantitative estimate of drug-likeness (QED) is 0.163. The molecule has 39 heavy (non-hydrogen) atoms. The summed E-state index contributed by atoms with van der Waals surface area (Å²) in [5, 5.41) is 5.39. The Hall–Kier alpha value is -4.59. The van der Waals surface area contributed by atoms with Crippen molar-refractivity contribution in [3.8, 4) is 22.4 Å². The Labute approximate surface area is 233 Å². The largest absolute Gasteiger partial charge is 0.452 e. The molecule has 1 aromatic heterocycles. The van der Waals surface area contributed by atoms with Crippen LogP contribution < -0.4 is 5.32 Å². The van der Waals surface area contributed by atoms with Gasteiger partial charge in [-0.25, -0.2) is 9.78 Å². The Morgan fingerprint density at radius 1 is 0.744 bits per heavy atom. The number of anilines is 1. The average molecular weight is 553 g/mol. The van der Waals surface area contributed by atoms with Crippen LogP contribution in [0.5, 0.6) is 0 Å². The van der Waals surface area contributed by atoms with Gasteiger partial charge in [-0.05, 0) is 41.5 Å². The Kier molecular flexibility index (Phi) is 7.91. The summed E-state index contributed by atoms with van der Waals surface area (Å²) >= 11 is 7.18. The third-order valence-corrected chi connectivity index (χ3v) is 6.88. The van der Waals surface area contributed by atoms with Gasteiger partial charge >= 0.3 is 5.97 Å². The van der Waals surface area contributed by atoms with Crippen LogP contribution in [0, 0.1) is 0 Å². The van der Waals surface area contributed by atoms with Gasteiger partial charge in [-0.1, -0.05) is 84.4 Å². The molecule has 5 aromatic rings. The SMILES string of the molecule is O=C(COC(=O)c1ccccc1C(=O)c1ccc(Cl)cc1)Nc1nc(-c2ccc(-c3ccccc3)cc2)cs1. The van der Waals surface area contributed by atoms with Crippen LogP contribution in [0.3, 0.4) is 0 Å². The predicted octanol–water partition coefficient (Wildman–Crippen LogP) is 7.16. The zero-order chi connectivity index (χ0) is 27.2. The van der Waals surface area contributed by atoms with Gasteiger partial charge in [-0.15, -0.1) is 11.3 Å². The smallest absolute Gasteiger partial charge is 0.339 e. The number of esters is 1. The minimum atomic E-state index is -0.776. The van der Waals surface area contributed by atoms with E-state index in [9.17, 15) is 14.4 Å². The van der Waals surface area contributed by atoms with Crippen LogP contribution >= 0.6 is 22.9 Å². The minimum Gasteiger partial charge on any atom is -0.452 e. The van der Waals surface area contributed by atoms with Crippen molar-refractivity contribution in [3.63, 3.8) is 0 Å². The number of ketones is 1. The van der Waals surface area contributed by atoms with Crippen molar-refractivity contribution in [1.82, 2.24) is 4.98 Å². The van der Waals surface area contributed by atoms with Crippen LogP contribution in [-0.4, -0.2) is 29.3 Å². The van der Waals surface area contributed by atoms with E-state index in [2.05, 4.69) is 22.4 Å². The van der Waals surface area contributed by atoms with Crippen LogP contribution in [-0.2, 0) is 9.53 Å². The first-order valence-corrected chi connectivity index (χ1v) is 13.2. The molecule has 0 atom stereocenters. The maximum absolute atomic E-state index is 12.9. The predicted molar refractivity (Wildman–Crippen MR) is 153 cm³/mol. The maximum Gasteiger partial charge on any atom is 0.339 e. The molecule has 0 unspecified atom stereocenters. The Balaban J connectivity index is 1.19. The first kappa shape index (κ1) is 26.0. The van der Waals surface area contributed by atoms with Crippen LogP contribution in [0.25, 0.3) is 22.4 Å². The van der Waals surface area contributed by atoms with E-state index >= 15 is 0 Å². The molecule has 0 aliphatic rings. The Bertz CT molecular complexity index is 1630. The lowest BCUT2D eigenvalue weighted by atomic mass is 9.98. The van der Waals surface area contributed by atoms with Gasteiger partial charge in [0.05, 0.1) is 11.3 Å². The first-order valence-electron chi connectivity index (χ1n) is 12.0.